The van der Waals surface area contributed by atoms with Crippen molar-refractivity contribution in [2.75, 3.05) is 4.90 Å². The van der Waals surface area contributed by atoms with Crippen molar-refractivity contribution in [1.82, 2.24) is 4.98 Å². The molecule has 5 nitrogen and oxygen atoms in total. The molecule has 174 valence electrons. The largest absolute Gasteiger partial charge is 0.457 e. The molecule has 5 atom stereocenters. The van der Waals surface area contributed by atoms with Crippen LogP contribution in [-0.4, -0.2) is 16.8 Å². The number of amides is 2. The monoisotopic (exact) mass is 454 g/mol. The number of carbonyl (C=O) groups excluding carboxylic acids is 2. The first kappa shape index (κ1) is 21.2. The molecule has 2 fully saturated rings. The van der Waals surface area contributed by atoms with Gasteiger partial charge < -0.3 is 9.72 Å². The zero-order valence-corrected chi connectivity index (χ0v) is 19.7. The maximum Gasteiger partial charge on any atom is 0.242 e. The van der Waals surface area contributed by atoms with Crippen molar-refractivity contribution in [3.63, 3.8) is 0 Å². The molecule has 6 rings (SSSR count). The van der Waals surface area contributed by atoms with Crippen molar-refractivity contribution in [2.45, 2.75) is 51.4 Å². The van der Waals surface area contributed by atoms with E-state index in [1.54, 1.807) is 0 Å². The third kappa shape index (κ3) is 3.29. The van der Waals surface area contributed by atoms with E-state index in [2.05, 4.69) is 18.0 Å². The molecule has 1 saturated heterocycles. The Labute approximate surface area is 200 Å². The molecule has 2 aromatic carbocycles. The number of imide groups is 1. The Morgan fingerprint density at radius 2 is 1.71 bits per heavy atom. The Bertz CT molecular complexity index is 1230. The molecule has 0 radical (unpaired) electrons. The Morgan fingerprint density at radius 1 is 0.971 bits per heavy atom. The summed E-state index contributed by atoms with van der Waals surface area (Å²) in [6.45, 7) is 4.28. The van der Waals surface area contributed by atoms with Gasteiger partial charge in [0.15, 0.2) is 0 Å². The molecule has 2 heterocycles. The minimum absolute atomic E-state index is 0.0389. The van der Waals surface area contributed by atoms with E-state index in [1.807, 2.05) is 61.5 Å². The van der Waals surface area contributed by atoms with Crippen LogP contribution in [0, 0.1) is 24.7 Å². The first-order valence-corrected chi connectivity index (χ1v) is 12.4. The lowest BCUT2D eigenvalue weighted by Crippen LogP contribution is -2.39. The van der Waals surface area contributed by atoms with Crippen LogP contribution in [-0.2, 0) is 9.59 Å². The average molecular weight is 455 g/mol. The van der Waals surface area contributed by atoms with Crippen LogP contribution < -0.4 is 9.64 Å². The maximum atomic E-state index is 13.9. The molecule has 1 aliphatic heterocycles. The van der Waals surface area contributed by atoms with Crippen molar-refractivity contribution in [3.05, 3.63) is 77.6 Å². The van der Waals surface area contributed by atoms with Crippen LogP contribution in [0.2, 0.25) is 0 Å². The van der Waals surface area contributed by atoms with Gasteiger partial charge in [0.2, 0.25) is 11.8 Å². The van der Waals surface area contributed by atoms with E-state index in [9.17, 15) is 9.59 Å². The zero-order valence-electron chi connectivity index (χ0n) is 19.7. The number of hydrogen-bond acceptors (Lipinski definition) is 3. The third-order valence-electron chi connectivity index (χ3n) is 8.19. The van der Waals surface area contributed by atoms with Crippen molar-refractivity contribution >= 4 is 17.5 Å². The Hall–Kier alpha value is -3.34. The summed E-state index contributed by atoms with van der Waals surface area (Å²) in [4.78, 5) is 32.6. The normalized spacial score (nSPS) is 27.8. The smallest absolute Gasteiger partial charge is 0.242 e. The second kappa shape index (κ2) is 8.15. The second-order valence-electron chi connectivity index (χ2n) is 10.1. The highest BCUT2D eigenvalue weighted by molar-refractivity contribution is 6.24. The summed E-state index contributed by atoms with van der Waals surface area (Å²) in [5.41, 5.74) is 3.94. The molecule has 34 heavy (non-hydrogen) atoms. The van der Waals surface area contributed by atoms with Gasteiger partial charge in [0.25, 0.3) is 0 Å². The molecular formula is C29H30N2O3. The number of rotatable bonds is 4. The molecule has 1 N–H and O–H groups in total. The van der Waals surface area contributed by atoms with E-state index < -0.39 is 0 Å². The van der Waals surface area contributed by atoms with Crippen LogP contribution in [0.25, 0.3) is 0 Å². The van der Waals surface area contributed by atoms with Gasteiger partial charge in [-0.1, -0.05) is 31.5 Å². The van der Waals surface area contributed by atoms with E-state index in [0.717, 1.165) is 36.3 Å². The highest BCUT2D eigenvalue weighted by Crippen LogP contribution is 2.57. The van der Waals surface area contributed by atoms with E-state index >= 15 is 0 Å². The van der Waals surface area contributed by atoms with Gasteiger partial charge in [-0.15, -0.1) is 0 Å². The van der Waals surface area contributed by atoms with Crippen LogP contribution in [0.3, 0.4) is 0 Å². The molecule has 0 bridgehead atoms. The quantitative estimate of drug-likeness (QED) is 0.470. The molecule has 2 aliphatic carbocycles. The van der Waals surface area contributed by atoms with Crippen LogP contribution in [0.1, 0.15) is 61.4 Å². The lowest BCUT2D eigenvalue weighted by Gasteiger charge is -2.43. The number of aromatic amines is 1. The molecule has 2 amide bonds. The minimum atomic E-state index is -0.385. The molecule has 1 saturated carbocycles. The topological polar surface area (TPSA) is 62.4 Å². The van der Waals surface area contributed by atoms with Gasteiger partial charge in [0.1, 0.15) is 11.5 Å². The number of anilines is 1. The fourth-order valence-corrected chi connectivity index (χ4v) is 6.61. The molecule has 1 unspecified atom stereocenters. The fraction of sp³-hybridized carbons (Fsp3) is 0.379. The van der Waals surface area contributed by atoms with Crippen LogP contribution in [0.15, 0.2) is 60.7 Å². The third-order valence-corrected chi connectivity index (χ3v) is 8.19. The predicted molar refractivity (Wildman–Crippen MR) is 131 cm³/mol. The van der Waals surface area contributed by atoms with Crippen molar-refractivity contribution in [3.8, 4) is 11.5 Å². The molecule has 3 aromatic rings. The molecular weight excluding hydrogens is 424 g/mol. The number of fused-ring (bicyclic) bond motifs is 6. The summed E-state index contributed by atoms with van der Waals surface area (Å²) in [6.07, 6.45) is 4.44. The summed E-state index contributed by atoms with van der Waals surface area (Å²) in [7, 11) is 0. The number of aromatic nitrogens is 1. The minimum Gasteiger partial charge on any atom is -0.457 e. The first-order chi connectivity index (χ1) is 16.5. The van der Waals surface area contributed by atoms with Gasteiger partial charge in [-0.25, -0.2) is 4.90 Å². The summed E-state index contributed by atoms with van der Waals surface area (Å²) in [6, 6.07) is 19.0. The predicted octanol–water partition coefficient (Wildman–Crippen LogP) is 6.31. The number of para-hydroxylation sites is 1. The van der Waals surface area contributed by atoms with Crippen LogP contribution >= 0.6 is 0 Å². The number of H-pyrrole nitrogens is 1. The highest BCUT2D eigenvalue weighted by atomic mass is 16.5. The fourth-order valence-electron chi connectivity index (χ4n) is 6.61. The van der Waals surface area contributed by atoms with Crippen molar-refractivity contribution in [1.29, 1.82) is 0 Å². The average Bonchev–Trinajstić information content (AvgIpc) is 3.37. The van der Waals surface area contributed by atoms with E-state index in [-0.39, 0.29) is 29.6 Å². The number of ether oxygens (including phenoxy) is 1. The Morgan fingerprint density at radius 3 is 2.44 bits per heavy atom. The van der Waals surface area contributed by atoms with Gasteiger partial charge in [0, 0.05) is 17.3 Å². The van der Waals surface area contributed by atoms with Gasteiger partial charge in [-0.2, -0.15) is 0 Å². The summed E-state index contributed by atoms with van der Waals surface area (Å²) in [5.74, 6) is 1.83. The van der Waals surface area contributed by atoms with Gasteiger partial charge in [0.05, 0.1) is 17.5 Å². The number of benzene rings is 2. The number of nitrogens with zero attached hydrogens (tertiary/aromatic N) is 1. The van der Waals surface area contributed by atoms with Gasteiger partial charge in [-0.3, -0.25) is 9.59 Å². The number of hydrogen-bond donors (Lipinski definition) is 1. The van der Waals surface area contributed by atoms with Crippen LogP contribution in [0.4, 0.5) is 5.69 Å². The Kier molecular flexibility index (Phi) is 5.09. The van der Waals surface area contributed by atoms with Crippen molar-refractivity contribution in [2.24, 2.45) is 17.8 Å². The van der Waals surface area contributed by atoms with E-state index in [4.69, 9.17) is 4.74 Å². The van der Waals surface area contributed by atoms with E-state index in [0.29, 0.717) is 23.3 Å². The molecule has 1 aromatic heterocycles. The first-order valence-electron chi connectivity index (χ1n) is 12.4. The van der Waals surface area contributed by atoms with Gasteiger partial charge in [-0.05, 0) is 86.1 Å². The summed E-state index contributed by atoms with van der Waals surface area (Å²) < 4.78 is 5.90. The number of nitrogens with one attached hydrogen (secondary N) is 1. The molecule has 0 spiro atoms. The van der Waals surface area contributed by atoms with E-state index in [1.165, 1.54) is 17.0 Å². The van der Waals surface area contributed by atoms with Gasteiger partial charge >= 0.3 is 0 Å². The highest BCUT2D eigenvalue weighted by Gasteiger charge is 2.58. The molecule has 5 heteroatoms. The maximum absolute atomic E-state index is 13.9. The summed E-state index contributed by atoms with van der Waals surface area (Å²) >= 11 is 0. The summed E-state index contributed by atoms with van der Waals surface area (Å²) in [5, 5.41) is 0. The zero-order chi connectivity index (χ0) is 23.4. The lowest BCUT2D eigenvalue weighted by molar-refractivity contribution is -0.123. The Balaban J connectivity index is 1.34. The lowest BCUT2D eigenvalue weighted by atomic mass is 9.59. The SMILES string of the molecule is CCC1CC[C@H]2c3[nH]c(C)cc3[C@H]3C(=O)N(c4ccc(Oc5ccccc5)cc4)C(=O)[C@H]3[C@H]2C1. The van der Waals surface area contributed by atoms with Crippen LogP contribution in [0.5, 0.6) is 11.5 Å². The standard InChI is InChI=1S/C29H30N2O3/c1-3-18-9-14-22-23(16-18)25-26(24-15-17(2)30-27(22)24)29(33)31(28(25)32)19-10-12-21(13-11-19)34-20-7-5-4-6-8-20/h4-8,10-13,15,18,22-23,25-26,30H,3,9,14,16H2,1-2H3/t18?,22-,23+,25+,26-/m1/s1. The second-order valence-corrected chi connectivity index (χ2v) is 10.1. The molecule has 3 aliphatic rings. The van der Waals surface area contributed by atoms with Crippen molar-refractivity contribution < 1.29 is 14.3 Å². The number of aryl methyl sites for hydroxylation is 1. The number of carbonyl (C=O) groups is 2.